The van der Waals surface area contributed by atoms with E-state index in [0.29, 0.717) is 12.6 Å². The molecular formula is C17H21NO2. The maximum absolute atomic E-state index is 12.2. The minimum atomic E-state index is 0.0846. The largest absolute Gasteiger partial charge is 0.497 e. The van der Waals surface area contributed by atoms with Gasteiger partial charge in [-0.15, -0.1) is 0 Å². The van der Waals surface area contributed by atoms with Crippen LogP contribution in [0, 0.1) is 0 Å². The molecule has 1 aromatic carbocycles. The van der Waals surface area contributed by atoms with Crippen LogP contribution in [-0.2, 0) is 11.3 Å². The van der Waals surface area contributed by atoms with Crippen molar-refractivity contribution in [3.8, 4) is 5.75 Å². The van der Waals surface area contributed by atoms with E-state index in [1.807, 2.05) is 48.2 Å². The molecule has 0 aromatic heterocycles. The first kappa shape index (κ1) is 14.4. The second kappa shape index (κ2) is 6.94. The van der Waals surface area contributed by atoms with Crippen molar-refractivity contribution in [2.45, 2.75) is 32.4 Å². The van der Waals surface area contributed by atoms with Crippen LogP contribution in [0.4, 0.5) is 0 Å². The zero-order valence-corrected chi connectivity index (χ0v) is 12.1. The molecule has 1 saturated carbocycles. The maximum atomic E-state index is 12.2. The molecule has 3 nitrogen and oxygen atoms in total. The predicted octanol–water partition coefficient (Wildman–Crippen LogP) is 3.32. The summed E-state index contributed by atoms with van der Waals surface area (Å²) >= 11 is 0. The van der Waals surface area contributed by atoms with E-state index in [1.165, 1.54) is 0 Å². The molecule has 0 bridgehead atoms. The first-order chi connectivity index (χ1) is 9.74. The summed E-state index contributed by atoms with van der Waals surface area (Å²) in [4.78, 5) is 14.2. The van der Waals surface area contributed by atoms with E-state index in [1.54, 1.807) is 19.3 Å². The van der Waals surface area contributed by atoms with Crippen molar-refractivity contribution in [3.63, 3.8) is 0 Å². The highest BCUT2D eigenvalue weighted by Gasteiger charge is 2.31. The first-order valence-corrected chi connectivity index (χ1v) is 6.97. The van der Waals surface area contributed by atoms with E-state index in [0.717, 1.165) is 24.2 Å². The van der Waals surface area contributed by atoms with Crippen LogP contribution in [-0.4, -0.2) is 24.0 Å². The van der Waals surface area contributed by atoms with Gasteiger partial charge in [0.1, 0.15) is 5.75 Å². The Balaban J connectivity index is 2.03. The van der Waals surface area contributed by atoms with Gasteiger partial charge < -0.3 is 9.64 Å². The van der Waals surface area contributed by atoms with Crippen molar-refractivity contribution in [1.82, 2.24) is 4.90 Å². The molecule has 20 heavy (non-hydrogen) atoms. The van der Waals surface area contributed by atoms with Gasteiger partial charge in [0.25, 0.3) is 0 Å². The summed E-state index contributed by atoms with van der Waals surface area (Å²) in [5.41, 5.74) is 1.13. The number of nitrogens with zero attached hydrogens (tertiary/aromatic N) is 1. The lowest BCUT2D eigenvalue weighted by molar-refractivity contribution is -0.127. The van der Waals surface area contributed by atoms with Crippen LogP contribution in [0.1, 0.15) is 25.3 Å². The molecule has 1 amide bonds. The van der Waals surface area contributed by atoms with Crippen molar-refractivity contribution < 1.29 is 9.53 Å². The summed E-state index contributed by atoms with van der Waals surface area (Å²) in [6.07, 6.45) is 9.44. The van der Waals surface area contributed by atoms with Gasteiger partial charge in [0.15, 0.2) is 0 Å². The molecule has 0 saturated heterocycles. The molecule has 0 N–H and O–H groups in total. The third-order valence-electron chi connectivity index (χ3n) is 3.33. The Hall–Kier alpha value is -2.03. The lowest BCUT2D eigenvalue weighted by Crippen LogP contribution is -2.31. The van der Waals surface area contributed by atoms with Crippen LogP contribution in [0.25, 0.3) is 0 Å². The molecule has 1 aliphatic rings. The average molecular weight is 271 g/mol. The predicted molar refractivity (Wildman–Crippen MR) is 80.5 cm³/mol. The number of hydrogen-bond acceptors (Lipinski definition) is 2. The van der Waals surface area contributed by atoms with E-state index >= 15 is 0 Å². The molecule has 0 aliphatic heterocycles. The Labute approximate surface area is 120 Å². The molecule has 0 spiro atoms. The summed E-state index contributed by atoms with van der Waals surface area (Å²) in [6, 6.07) is 8.29. The number of carbonyl (C=O) groups is 1. The highest BCUT2D eigenvalue weighted by atomic mass is 16.5. The number of ether oxygens (including phenoxy) is 1. The fourth-order valence-corrected chi connectivity index (χ4v) is 2.05. The van der Waals surface area contributed by atoms with Crippen molar-refractivity contribution in [2.75, 3.05) is 7.11 Å². The molecular weight excluding hydrogens is 250 g/mol. The van der Waals surface area contributed by atoms with Crippen LogP contribution in [0.3, 0.4) is 0 Å². The fraction of sp³-hybridized carbons (Fsp3) is 0.353. The summed E-state index contributed by atoms with van der Waals surface area (Å²) in [5, 5.41) is 0. The SMILES string of the molecule is C/C=C/C=C/C(=O)N(Cc1ccc(OC)cc1)C1CC1. The summed E-state index contributed by atoms with van der Waals surface area (Å²) in [7, 11) is 1.65. The van der Waals surface area contributed by atoms with Gasteiger partial charge in [-0.1, -0.05) is 30.4 Å². The summed E-state index contributed by atoms with van der Waals surface area (Å²) in [6.45, 7) is 2.60. The molecule has 1 fully saturated rings. The Kier molecular flexibility index (Phi) is 4.99. The Bertz CT molecular complexity index is 498. The standard InChI is InChI=1S/C17H21NO2/c1-3-4-5-6-17(19)18(15-9-10-15)13-14-7-11-16(20-2)12-8-14/h3-8,11-12,15H,9-10,13H2,1-2H3/b4-3+,6-5+. The monoisotopic (exact) mass is 271 g/mol. The van der Waals surface area contributed by atoms with Gasteiger partial charge in [0.2, 0.25) is 5.91 Å². The van der Waals surface area contributed by atoms with Gasteiger partial charge in [0.05, 0.1) is 7.11 Å². The van der Waals surface area contributed by atoms with Crippen molar-refractivity contribution in [1.29, 1.82) is 0 Å². The number of methoxy groups -OCH3 is 1. The maximum Gasteiger partial charge on any atom is 0.247 e. The minimum Gasteiger partial charge on any atom is -0.497 e. The Morgan fingerprint density at radius 3 is 2.55 bits per heavy atom. The quantitative estimate of drug-likeness (QED) is 0.587. The second-order valence-electron chi connectivity index (χ2n) is 4.93. The highest BCUT2D eigenvalue weighted by molar-refractivity contribution is 5.88. The number of hydrogen-bond donors (Lipinski definition) is 0. The normalized spacial score (nSPS) is 14.9. The van der Waals surface area contributed by atoms with E-state index in [4.69, 9.17) is 4.74 Å². The molecule has 0 heterocycles. The number of carbonyl (C=O) groups excluding carboxylic acids is 1. The van der Waals surface area contributed by atoms with Crippen LogP contribution < -0.4 is 4.74 Å². The van der Waals surface area contributed by atoms with Crippen molar-refractivity contribution in [3.05, 3.63) is 54.1 Å². The van der Waals surface area contributed by atoms with Gasteiger partial charge in [-0.25, -0.2) is 0 Å². The fourth-order valence-electron chi connectivity index (χ4n) is 2.05. The topological polar surface area (TPSA) is 29.5 Å². The molecule has 2 rings (SSSR count). The van der Waals surface area contributed by atoms with E-state index in [2.05, 4.69) is 0 Å². The zero-order chi connectivity index (χ0) is 14.4. The summed E-state index contributed by atoms with van der Waals surface area (Å²) < 4.78 is 5.15. The Morgan fingerprint density at radius 2 is 2.00 bits per heavy atom. The number of rotatable bonds is 6. The zero-order valence-electron chi connectivity index (χ0n) is 12.1. The second-order valence-corrected chi connectivity index (χ2v) is 4.93. The van der Waals surface area contributed by atoms with Gasteiger partial charge in [-0.05, 0) is 37.5 Å². The number of benzene rings is 1. The Morgan fingerprint density at radius 1 is 1.30 bits per heavy atom. The van der Waals surface area contributed by atoms with Crippen LogP contribution in [0.5, 0.6) is 5.75 Å². The van der Waals surface area contributed by atoms with Gasteiger partial charge in [0, 0.05) is 18.7 Å². The van der Waals surface area contributed by atoms with Crippen LogP contribution >= 0.6 is 0 Å². The van der Waals surface area contributed by atoms with E-state index in [9.17, 15) is 4.79 Å². The van der Waals surface area contributed by atoms with E-state index < -0.39 is 0 Å². The van der Waals surface area contributed by atoms with Crippen LogP contribution in [0.2, 0.25) is 0 Å². The van der Waals surface area contributed by atoms with Crippen LogP contribution in [0.15, 0.2) is 48.6 Å². The van der Waals surface area contributed by atoms with Crippen molar-refractivity contribution in [2.24, 2.45) is 0 Å². The van der Waals surface area contributed by atoms with Crippen molar-refractivity contribution >= 4 is 5.91 Å². The highest BCUT2D eigenvalue weighted by Crippen LogP contribution is 2.29. The molecule has 0 radical (unpaired) electrons. The summed E-state index contributed by atoms with van der Waals surface area (Å²) in [5.74, 6) is 0.924. The molecule has 1 aliphatic carbocycles. The minimum absolute atomic E-state index is 0.0846. The van der Waals surface area contributed by atoms with E-state index in [-0.39, 0.29) is 5.91 Å². The van der Waals surface area contributed by atoms with Gasteiger partial charge >= 0.3 is 0 Å². The lowest BCUT2D eigenvalue weighted by Gasteiger charge is -2.21. The molecule has 106 valence electrons. The number of amides is 1. The molecule has 3 heteroatoms. The number of allylic oxidation sites excluding steroid dienone is 3. The first-order valence-electron chi connectivity index (χ1n) is 6.97. The molecule has 1 aromatic rings. The lowest BCUT2D eigenvalue weighted by atomic mass is 10.2. The molecule has 0 unspecified atom stereocenters. The smallest absolute Gasteiger partial charge is 0.247 e. The third kappa shape index (κ3) is 3.98. The average Bonchev–Trinajstić information content (AvgIpc) is 3.30. The van der Waals surface area contributed by atoms with Gasteiger partial charge in [-0.3, -0.25) is 4.79 Å². The molecule has 0 atom stereocenters. The van der Waals surface area contributed by atoms with Gasteiger partial charge in [-0.2, -0.15) is 0 Å². The third-order valence-corrected chi connectivity index (χ3v) is 3.33.